The fourth-order valence-corrected chi connectivity index (χ4v) is 3.58. The summed E-state index contributed by atoms with van der Waals surface area (Å²) < 4.78 is 0. The molecule has 1 heteroatoms. The Kier molecular flexibility index (Phi) is 2.36. The number of rotatable bonds is 3. The van der Waals surface area contributed by atoms with Crippen LogP contribution in [0.25, 0.3) is 0 Å². The maximum Gasteiger partial charge on any atom is 0.00671 e. The molecule has 0 saturated heterocycles. The van der Waals surface area contributed by atoms with Gasteiger partial charge in [-0.2, -0.15) is 0 Å². The van der Waals surface area contributed by atoms with E-state index >= 15 is 0 Å². The van der Waals surface area contributed by atoms with Crippen molar-refractivity contribution in [2.75, 3.05) is 6.54 Å². The van der Waals surface area contributed by atoms with Gasteiger partial charge in [-0.3, -0.25) is 0 Å². The third kappa shape index (κ3) is 1.63. The first kappa shape index (κ1) is 8.96. The van der Waals surface area contributed by atoms with E-state index in [1.165, 1.54) is 45.1 Å². The Hall–Kier alpha value is -0.300. The van der Waals surface area contributed by atoms with Gasteiger partial charge in [0.1, 0.15) is 0 Å². The lowest BCUT2D eigenvalue weighted by Gasteiger charge is -2.21. The molecule has 0 radical (unpaired) electrons. The fraction of sp³-hybridized carbons (Fsp3) is 0.846. The van der Waals surface area contributed by atoms with E-state index in [1.54, 1.807) is 0 Å². The minimum Gasteiger partial charge on any atom is -0.314 e. The number of hydrogen-bond acceptors (Lipinski definition) is 1. The minimum absolute atomic E-state index is 0.859. The lowest BCUT2D eigenvalue weighted by atomic mass is 9.93. The molecule has 3 rings (SSSR count). The van der Waals surface area contributed by atoms with Gasteiger partial charge in [-0.15, -0.1) is 0 Å². The summed E-state index contributed by atoms with van der Waals surface area (Å²) in [6.07, 6.45) is 13.6. The molecule has 2 saturated carbocycles. The average molecular weight is 191 g/mol. The third-order valence-corrected chi connectivity index (χ3v) is 4.44. The minimum atomic E-state index is 0.859. The maximum atomic E-state index is 3.77. The van der Waals surface area contributed by atoms with Crippen molar-refractivity contribution in [1.29, 1.82) is 0 Å². The predicted molar refractivity (Wildman–Crippen MR) is 59.1 cm³/mol. The van der Waals surface area contributed by atoms with E-state index in [-0.39, 0.29) is 0 Å². The van der Waals surface area contributed by atoms with Crippen molar-refractivity contribution in [1.82, 2.24) is 5.32 Å². The van der Waals surface area contributed by atoms with Crippen molar-refractivity contribution in [3.05, 3.63) is 12.2 Å². The van der Waals surface area contributed by atoms with Crippen LogP contribution < -0.4 is 5.32 Å². The van der Waals surface area contributed by atoms with E-state index in [0.29, 0.717) is 0 Å². The van der Waals surface area contributed by atoms with Gasteiger partial charge in [0, 0.05) is 6.04 Å². The smallest absolute Gasteiger partial charge is 0.00671 e. The molecule has 0 aromatic rings. The molecule has 0 aliphatic heterocycles. The van der Waals surface area contributed by atoms with Gasteiger partial charge in [0.15, 0.2) is 0 Å². The van der Waals surface area contributed by atoms with Crippen molar-refractivity contribution < 1.29 is 0 Å². The highest BCUT2D eigenvalue weighted by Gasteiger charge is 2.35. The quantitative estimate of drug-likeness (QED) is 0.676. The van der Waals surface area contributed by atoms with Crippen LogP contribution in [0.15, 0.2) is 12.2 Å². The summed E-state index contributed by atoms with van der Waals surface area (Å²) in [6, 6.07) is 0.859. The second kappa shape index (κ2) is 3.69. The lowest BCUT2D eigenvalue weighted by Crippen LogP contribution is -2.32. The van der Waals surface area contributed by atoms with Gasteiger partial charge in [-0.25, -0.2) is 0 Å². The largest absolute Gasteiger partial charge is 0.314 e. The summed E-state index contributed by atoms with van der Waals surface area (Å²) in [5, 5.41) is 3.77. The highest BCUT2D eigenvalue weighted by Crippen LogP contribution is 2.43. The lowest BCUT2D eigenvalue weighted by molar-refractivity contribution is 0.383. The molecule has 0 unspecified atom stereocenters. The van der Waals surface area contributed by atoms with Crippen LogP contribution in [-0.2, 0) is 0 Å². The molecule has 3 atom stereocenters. The molecule has 78 valence electrons. The van der Waals surface area contributed by atoms with Crippen LogP contribution in [-0.4, -0.2) is 12.6 Å². The van der Waals surface area contributed by atoms with Crippen LogP contribution >= 0.6 is 0 Å². The first-order chi connectivity index (χ1) is 6.92. The maximum absolute atomic E-state index is 3.77. The van der Waals surface area contributed by atoms with Crippen LogP contribution in [0.5, 0.6) is 0 Å². The average Bonchev–Trinajstić information content (AvgIpc) is 2.91. The first-order valence-electron chi connectivity index (χ1n) is 6.33. The molecule has 1 N–H and O–H groups in total. The number of allylic oxidation sites excluding steroid dienone is 2. The topological polar surface area (TPSA) is 12.0 Å². The Morgan fingerprint density at radius 1 is 1.07 bits per heavy atom. The van der Waals surface area contributed by atoms with E-state index in [0.717, 1.165) is 23.8 Å². The zero-order chi connectivity index (χ0) is 9.38. The Morgan fingerprint density at radius 3 is 2.57 bits per heavy atom. The summed E-state index contributed by atoms with van der Waals surface area (Å²) in [7, 11) is 0. The van der Waals surface area contributed by atoms with Gasteiger partial charge in [0.25, 0.3) is 0 Å². The van der Waals surface area contributed by atoms with E-state index < -0.39 is 0 Å². The van der Waals surface area contributed by atoms with Crippen LogP contribution in [0.4, 0.5) is 0 Å². The van der Waals surface area contributed by atoms with Crippen molar-refractivity contribution in [3.8, 4) is 0 Å². The van der Waals surface area contributed by atoms with Crippen molar-refractivity contribution >= 4 is 0 Å². The monoisotopic (exact) mass is 191 g/mol. The molecule has 14 heavy (non-hydrogen) atoms. The van der Waals surface area contributed by atoms with E-state index in [1.807, 2.05) is 0 Å². The first-order valence-corrected chi connectivity index (χ1v) is 6.33. The summed E-state index contributed by atoms with van der Waals surface area (Å²) in [5.41, 5.74) is 0. The van der Waals surface area contributed by atoms with Crippen LogP contribution in [0.2, 0.25) is 0 Å². The van der Waals surface area contributed by atoms with Crippen molar-refractivity contribution in [2.24, 2.45) is 17.8 Å². The standard InChI is InChI=1S/C13H21N/c1-2-4-13(3-1)14-9-12-8-10-5-6-11(12)7-10/h5-6,10-14H,1-4,7-9H2/t10-,11-,12+/m0/s1. The van der Waals surface area contributed by atoms with Gasteiger partial charge in [0.05, 0.1) is 0 Å². The zero-order valence-corrected chi connectivity index (χ0v) is 8.91. The number of nitrogens with one attached hydrogen (secondary N) is 1. The summed E-state index contributed by atoms with van der Waals surface area (Å²) in [5.74, 6) is 2.83. The Balaban J connectivity index is 1.47. The second-order valence-electron chi connectivity index (χ2n) is 5.43. The van der Waals surface area contributed by atoms with Crippen LogP contribution in [0, 0.1) is 17.8 Å². The SMILES string of the molecule is C1=C[C@H]2C[C@H]1C[C@@H]2CNC1CCCC1. The van der Waals surface area contributed by atoms with Gasteiger partial charge in [-0.05, 0) is 50.0 Å². The summed E-state index contributed by atoms with van der Waals surface area (Å²) >= 11 is 0. The van der Waals surface area contributed by atoms with E-state index in [9.17, 15) is 0 Å². The zero-order valence-electron chi connectivity index (χ0n) is 8.91. The molecule has 0 heterocycles. The van der Waals surface area contributed by atoms with E-state index in [4.69, 9.17) is 0 Å². The molecular weight excluding hydrogens is 170 g/mol. The molecule has 1 nitrogen and oxygen atoms in total. The summed E-state index contributed by atoms with van der Waals surface area (Å²) in [4.78, 5) is 0. The molecule has 0 amide bonds. The Bertz CT molecular complexity index is 227. The fourth-order valence-electron chi connectivity index (χ4n) is 3.58. The predicted octanol–water partition coefficient (Wildman–Crippen LogP) is 2.73. The molecule has 0 aromatic carbocycles. The van der Waals surface area contributed by atoms with Gasteiger partial charge >= 0.3 is 0 Å². The second-order valence-corrected chi connectivity index (χ2v) is 5.43. The number of fused-ring (bicyclic) bond motifs is 2. The third-order valence-electron chi connectivity index (χ3n) is 4.44. The molecule has 2 fully saturated rings. The van der Waals surface area contributed by atoms with Crippen LogP contribution in [0.3, 0.4) is 0 Å². The molecule has 0 aromatic heterocycles. The normalized spacial score (nSPS) is 41.3. The van der Waals surface area contributed by atoms with E-state index in [2.05, 4.69) is 17.5 Å². The Labute approximate surface area is 87.0 Å². The number of hydrogen-bond donors (Lipinski definition) is 1. The molecule has 3 aliphatic carbocycles. The molecule has 3 aliphatic rings. The van der Waals surface area contributed by atoms with Gasteiger partial charge < -0.3 is 5.32 Å². The summed E-state index contributed by atoms with van der Waals surface area (Å²) in [6.45, 7) is 1.29. The Morgan fingerprint density at radius 2 is 1.93 bits per heavy atom. The van der Waals surface area contributed by atoms with Crippen LogP contribution in [0.1, 0.15) is 38.5 Å². The molecular formula is C13H21N. The molecule has 0 spiro atoms. The van der Waals surface area contributed by atoms with Crippen molar-refractivity contribution in [2.45, 2.75) is 44.6 Å². The highest BCUT2D eigenvalue weighted by atomic mass is 14.9. The van der Waals surface area contributed by atoms with Gasteiger partial charge in [-0.1, -0.05) is 25.0 Å². The van der Waals surface area contributed by atoms with Crippen molar-refractivity contribution in [3.63, 3.8) is 0 Å². The highest BCUT2D eigenvalue weighted by molar-refractivity contribution is 5.10. The molecule has 2 bridgehead atoms. The van der Waals surface area contributed by atoms with Gasteiger partial charge in [0.2, 0.25) is 0 Å².